The molecule has 0 spiro atoms. The number of nitrogens with zero attached hydrogens (tertiary/aromatic N) is 8. The second-order valence-electron chi connectivity index (χ2n) is 11.0. The van der Waals surface area contributed by atoms with Crippen LogP contribution in [0.4, 0.5) is 5.82 Å². The highest BCUT2D eigenvalue weighted by molar-refractivity contribution is 6.35. The molecule has 0 aliphatic carbocycles. The lowest BCUT2D eigenvalue weighted by molar-refractivity contribution is 0.134. The lowest BCUT2D eigenvalue weighted by Gasteiger charge is -2.16. The average Bonchev–Trinajstić information content (AvgIpc) is 3.57. The Bertz CT molecular complexity index is 2150. The molecule has 3 N–H and O–H groups in total. The van der Waals surface area contributed by atoms with Crippen LogP contribution in [0.25, 0.3) is 33.2 Å². The summed E-state index contributed by atoms with van der Waals surface area (Å²) in [4.78, 5) is 29.1. The number of nitrogen functional groups attached to an aromatic ring is 1. The first-order chi connectivity index (χ1) is 20.0. The highest BCUT2D eigenvalue weighted by Gasteiger charge is 2.35. The summed E-state index contributed by atoms with van der Waals surface area (Å²) in [6.07, 6.45) is 1.92. The summed E-state index contributed by atoms with van der Waals surface area (Å²) in [5, 5.41) is 21.2. The smallest absolute Gasteiger partial charge is 0.283 e. The first-order valence-electron chi connectivity index (χ1n) is 13.3. The summed E-state index contributed by atoms with van der Waals surface area (Å²) >= 11 is 6.46. The van der Waals surface area contributed by atoms with Crippen LogP contribution in [-0.4, -0.2) is 50.0 Å². The number of aromatic hydroxyl groups is 1. The van der Waals surface area contributed by atoms with Gasteiger partial charge in [-0.05, 0) is 58.0 Å². The molecule has 212 valence electrons. The van der Waals surface area contributed by atoms with Crippen molar-refractivity contribution in [3.63, 3.8) is 0 Å². The second kappa shape index (κ2) is 9.02. The number of phenolic OH excluding ortho intramolecular Hbond substituents is 1. The van der Waals surface area contributed by atoms with Crippen molar-refractivity contribution in [3.05, 3.63) is 80.9 Å². The van der Waals surface area contributed by atoms with Gasteiger partial charge in [0.2, 0.25) is 0 Å². The lowest BCUT2D eigenvalue weighted by Crippen LogP contribution is -2.33. The van der Waals surface area contributed by atoms with Crippen LogP contribution in [0.15, 0.2) is 47.5 Å². The average molecular weight is 584 g/mol. The number of aryl methyl sites for hydroxylation is 2. The number of hydrogen-bond acceptors (Lipinski definition) is 9. The van der Waals surface area contributed by atoms with Gasteiger partial charge in [-0.25, -0.2) is 19.6 Å². The summed E-state index contributed by atoms with van der Waals surface area (Å²) in [7, 11) is 0. The Hall–Kier alpha value is -4.97. The number of rotatable bonds is 4. The van der Waals surface area contributed by atoms with E-state index < -0.39 is 5.60 Å². The monoisotopic (exact) mass is 583 g/mol. The predicted molar refractivity (Wildman–Crippen MR) is 158 cm³/mol. The number of phenols is 1. The zero-order valence-electron chi connectivity index (χ0n) is 23.3. The number of ether oxygens (including phenoxy) is 1. The van der Waals surface area contributed by atoms with Crippen LogP contribution in [0.3, 0.4) is 0 Å². The minimum absolute atomic E-state index is 0.0469. The molecule has 5 heterocycles. The third kappa shape index (κ3) is 3.90. The summed E-state index contributed by atoms with van der Waals surface area (Å²) < 4.78 is 9.11. The topological polar surface area (TPSA) is 152 Å². The molecule has 0 bridgehead atoms. The number of benzene rings is 2. The van der Waals surface area contributed by atoms with Crippen molar-refractivity contribution in [1.29, 1.82) is 0 Å². The van der Waals surface area contributed by atoms with Crippen molar-refractivity contribution in [2.75, 3.05) is 5.73 Å². The van der Waals surface area contributed by atoms with Gasteiger partial charge < -0.3 is 15.6 Å². The van der Waals surface area contributed by atoms with E-state index in [1.165, 1.54) is 15.8 Å². The molecule has 0 saturated heterocycles. The van der Waals surface area contributed by atoms with Gasteiger partial charge in [0.05, 0.1) is 32.7 Å². The first-order valence-corrected chi connectivity index (χ1v) is 13.7. The standard InChI is InChI=1S/C29H26ClN9O3/c1-14-10-15(2)39(35-14)38-21(34-19-7-5-6-18(30)22(19)28(38)41)12-37-27-23(26(31)32-13-33-27)24(36-37)16-8-9-20(40)25-17(16)11-29(3,4)42-25/h5-10,13,40H,11-12H2,1-4H3,(H2,31,32,33). The number of aromatic nitrogens is 8. The van der Waals surface area contributed by atoms with Crippen molar-refractivity contribution in [1.82, 2.24) is 39.3 Å². The summed E-state index contributed by atoms with van der Waals surface area (Å²) in [5.74, 6) is 1.08. The van der Waals surface area contributed by atoms with E-state index in [9.17, 15) is 9.90 Å². The molecule has 0 fully saturated rings. The molecule has 0 atom stereocenters. The third-order valence-electron chi connectivity index (χ3n) is 7.39. The second-order valence-corrected chi connectivity index (χ2v) is 11.4. The van der Waals surface area contributed by atoms with E-state index in [0.717, 1.165) is 22.5 Å². The Morgan fingerprint density at radius 2 is 1.93 bits per heavy atom. The number of nitrogens with two attached hydrogens (primary N) is 1. The van der Waals surface area contributed by atoms with Crippen LogP contribution >= 0.6 is 11.6 Å². The Morgan fingerprint density at radius 3 is 2.69 bits per heavy atom. The molecule has 2 aromatic carbocycles. The van der Waals surface area contributed by atoms with Crippen LogP contribution in [0.2, 0.25) is 5.02 Å². The Labute approximate surface area is 244 Å². The van der Waals surface area contributed by atoms with E-state index in [4.69, 9.17) is 32.2 Å². The highest BCUT2D eigenvalue weighted by atomic mass is 35.5. The molecule has 0 radical (unpaired) electrons. The van der Waals surface area contributed by atoms with E-state index in [-0.39, 0.29) is 29.1 Å². The largest absolute Gasteiger partial charge is 0.504 e. The van der Waals surface area contributed by atoms with Crippen molar-refractivity contribution in [2.24, 2.45) is 0 Å². The van der Waals surface area contributed by atoms with Gasteiger partial charge in [-0.2, -0.15) is 19.7 Å². The van der Waals surface area contributed by atoms with Gasteiger partial charge in [0.1, 0.15) is 30.0 Å². The van der Waals surface area contributed by atoms with E-state index in [0.29, 0.717) is 45.3 Å². The molecule has 7 rings (SSSR count). The van der Waals surface area contributed by atoms with Crippen LogP contribution in [0, 0.1) is 13.8 Å². The maximum absolute atomic E-state index is 14.0. The van der Waals surface area contributed by atoms with Crippen LogP contribution in [-0.2, 0) is 13.0 Å². The maximum Gasteiger partial charge on any atom is 0.283 e. The number of halogens is 1. The fourth-order valence-corrected chi connectivity index (χ4v) is 5.92. The minimum Gasteiger partial charge on any atom is -0.504 e. The Kier molecular flexibility index (Phi) is 5.57. The molecule has 13 heteroatoms. The van der Waals surface area contributed by atoms with E-state index in [1.54, 1.807) is 35.0 Å². The molecule has 0 saturated carbocycles. The minimum atomic E-state index is -0.511. The summed E-state index contributed by atoms with van der Waals surface area (Å²) in [5.41, 5.74) is 9.99. The Balaban J connectivity index is 1.48. The van der Waals surface area contributed by atoms with Crippen LogP contribution < -0.4 is 16.0 Å². The molecule has 6 aromatic rings. The van der Waals surface area contributed by atoms with Gasteiger partial charge in [0, 0.05) is 17.5 Å². The van der Waals surface area contributed by atoms with Crippen molar-refractivity contribution in [3.8, 4) is 22.8 Å². The maximum atomic E-state index is 14.0. The molecular formula is C29H26ClN9O3. The van der Waals surface area contributed by atoms with Crippen molar-refractivity contribution >= 4 is 39.4 Å². The number of hydrogen-bond donors (Lipinski definition) is 2. The highest BCUT2D eigenvalue weighted by Crippen LogP contribution is 2.47. The quantitative estimate of drug-likeness (QED) is 0.313. The molecule has 1 aliphatic heterocycles. The summed E-state index contributed by atoms with van der Waals surface area (Å²) in [6.45, 7) is 7.67. The molecule has 1 aliphatic rings. The van der Waals surface area contributed by atoms with Crippen molar-refractivity contribution < 1.29 is 9.84 Å². The van der Waals surface area contributed by atoms with Gasteiger partial charge in [0.25, 0.3) is 5.56 Å². The predicted octanol–water partition coefficient (Wildman–Crippen LogP) is 4.03. The SMILES string of the molecule is Cc1cc(C)n(-n2c(Cn3nc(-c4ccc(O)c5c4CC(C)(C)O5)c4c(N)ncnc43)nc3cccc(Cl)c3c2=O)n1. The lowest BCUT2D eigenvalue weighted by atomic mass is 9.95. The fourth-order valence-electron chi connectivity index (χ4n) is 5.67. The molecule has 0 unspecified atom stereocenters. The van der Waals surface area contributed by atoms with E-state index in [1.807, 2.05) is 33.8 Å². The molecule has 12 nitrogen and oxygen atoms in total. The fraction of sp³-hybridized carbons (Fsp3) is 0.241. The van der Waals surface area contributed by atoms with Crippen molar-refractivity contribution in [2.45, 2.75) is 46.3 Å². The molecule has 0 amide bonds. The van der Waals surface area contributed by atoms with E-state index in [2.05, 4.69) is 15.1 Å². The van der Waals surface area contributed by atoms with Crippen LogP contribution in [0.5, 0.6) is 11.5 Å². The molecule has 42 heavy (non-hydrogen) atoms. The van der Waals surface area contributed by atoms with Gasteiger partial charge >= 0.3 is 0 Å². The van der Waals surface area contributed by atoms with Gasteiger partial charge in [0.15, 0.2) is 23.0 Å². The zero-order valence-corrected chi connectivity index (χ0v) is 24.0. The van der Waals surface area contributed by atoms with Gasteiger partial charge in [-0.3, -0.25) is 4.79 Å². The van der Waals surface area contributed by atoms with Gasteiger partial charge in [-0.15, -0.1) is 0 Å². The number of anilines is 1. The van der Waals surface area contributed by atoms with Crippen LogP contribution in [0.1, 0.15) is 36.6 Å². The summed E-state index contributed by atoms with van der Waals surface area (Å²) in [6, 6.07) is 10.4. The molecular weight excluding hydrogens is 558 g/mol. The normalized spacial score (nSPS) is 14.0. The Morgan fingerprint density at radius 1 is 1.12 bits per heavy atom. The van der Waals surface area contributed by atoms with Gasteiger partial charge in [-0.1, -0.05) is 17.7 Å². The first kappa shape index (κ1) is 26.0. The third-order valence-corrected chi connectivity index (χ3v) is 7.71. The van der Waals surface area contributed by atoms with E-state index >= 15 is 0 Å². The molecule has 4 aromatic heterocycles. The zero-order chi connectivity index (χ0) is 29.5. The number of fused-ring (bicyclic) bond motifs is 3.